The van der Waals surface area contributed by atoms with Gasteiger partial charge in [-0.25, -0.2) is 9.18 Å². The van der Waals surface area contributed by atoms with Gasteiger partial charge in [-0.2, -0.15) is 5.10 Å². The lowest BCUT2D eigenvalue weighted by molar-refractivity contribution is -0.0552. The number of carbonyl (C=O) groups is 2. The first-order valence-electron chi connectivity index (χ1n) is 11.8. The molecular formula is C26H27ClFN5O3. The van der Waals surface area contributed by atoms with Crippen LogP contribution in [-0.4, -0.2) is 44.8 Å². The lowest BCUT2D eigenvalue weighted by Gasteiger charge is -2.46. The molecular weight excluding hydrogens is 485 g/mol. The molecule has 2 heterocycles. The Morgan fingerprint density at radius 2 is 1.97 bits per heavy atom. The van der Waals surface area contributed by atoms with Crippen molar-refractivity contribution < 1.29 is 18.7 Å². The minimum absolute atomic E-state index is 0.0744. The predicted molar refractivity (Wildman–Crippen MR) is 133 cm³/mol. The summed E-state index contributed by atoms with van der Waals surface area (Å²) in [5.41, 5.74) is 8.01. The zero-order valence-corrected chi connectivity index (χ0v) is 20.6. The Bertz CT molecular complexity index is 1310. The number of hydrogen-bond acceptors (Lipinski definition) is 4. The standard InChI is InChI=1S/C26H27ClFN5O3/c1-26(12-18(13-26)36-15-16-5-3-2-4-6-16)30-25(35)32-9-10-33-21(14-32)22(24(29)34)23(31-33)17-7-8-20(28)19(27)11-17/h2-8,11,18H,9-10,12-15H2,1H3,(H2,29,34)(H,30,35). The topological polar surface area (TPSA) is 102 Å². The average molecular weight is 512 g/mol. The normalized spacial score (nSPS) is 21.0. The molecule has 0 unspecified atom stereocenters. The Balaban J connectivity index is 1.24. The fourth-order valence-corrected chi connectivity index (χ4v) is 5.07. The second kappa shape index (κ2) is 9.55. The van der Waals surface area contributed by atoms with E-state index in [1.807, 2.05) is 37.3 Å². The summed E-state index contributed by atoms with van der Waals surface area (Å²) in [6, 6.07) is 13.9. The molecule has 3 N–H and O–H groups in total. The molecule has 0 spiro atoms. The second-order valence-corrected chi connectivity index (χ2v) is 10.0. The van der Waals surface area contributed by atoms with Crippen LogP contribution in [0, 0.1) is 5.82 Å². The Labute approximate surface area is 213 Å². The number of nitrogens with zero attached hydrogens (tertiary/aromatic N) is 3. The molecule has 1 aliphatic heterocycles. The van der Waals surface area contributed by atoms with Gasteiger partial charge in [0.15, 0.2) is 0 Å². The van der Waals surface area contributed by atoms with Crippen molar-refractivity contribution in [2.75, 3.05) is 6.54 Å². The van der Waals surface area contributed by atoms with Crippen LogP contribution in [0.4, 0.5) is 9.18 Å². The van der Waals surface area contributed by atoms with E-state index in [0.29, 0.717) is 36.6 Å². The highest BCUT2D eigenvalue weighted by Crippen LogP contribution is 2.35. The molecule has 5 rings (SSSR count). The van der Waals surface area contributed by atoms with Gasteiger partial charge in [0.1, 0.15) is 11.5 Å². The summed E-state index contributed by atoms with van der Waals surface area (Å²) in [6.07, 6.45) is 1.53. The van der Waals surface area contributed by atoms with Crippen LogP contribution in [0.1, 0.15) is 41.4 Å². The third kappa shape index (κ3) is 4.81. The van der Waals surface area contributed by atoms with Crippen molar-refractivity contribution in [3.63, 3.8) is 0 Å². The maximum atomic E-state index is 13.6. The molecule has 1 aromatic heterocycles. The highest BCUT2D eigenvalue weighted by atomic mass is 35.5. The molecule has 2 aliphatic rings. The lowest BCUT2D eigenvalue weighted by atomic mass is 9.76. The number of primary amides is 1. The van der Waals surface area contributed by atoms with E-state index in [9.17, 15) is 14.0 Å². The predicted octanol–water partition coefficient (Wildman–Crippen LogP) is 4.10. The van der Waals surface area contributed by atoms with Gasteiger partial charge in [0.25, 0.3) is 5.91 Å². The first-order chi connectivity index (χ1) is 17.2. The van der Waals surface area contributed by atoms with Crippen LogP contribution in [-0.2, 0) is 24.4 Å². The molecule has 2 aromatic carbocycles. The number of fused-ring (bicyclic) bond motifs is 1. The van der Waals surface area contributed by atoms with Gasteiger partial charge in [-0.1, -0.05) is 41.9 Å². The quantitative estimate of drug-likeness (QED) is 0.520. The average Bonchev–Trinajstić information content (AvgIpc) is 3.23. The van der Waals surface area contributed by atoms with Crippen molar-refractivity contribution in [1.29, 1.82) is 0 Å². The number of aromatic nitrogens is 2. The van der Waals surface area contributed by atoms with E-state index in [0.717, 1.165) is 18.4 Å². The summed E-state index contributed by atoms with van der Waals surface area (Å²) >= 11 is 5.93. The zero-order chi connectivity index (χ0) is 25.4. The molecule has 1 fully saturated rings. The van der Waals surface area contributed by atoms with E-state index in [1.54, 1.807) is 9.58 Å². The van der Waals surface area contributed by atoms with Crippen LogP contribution >= 0.6 is 11.6 Å². The number of amides is 3. The summed E-state index contributed by atoms with van der Waals surface area (Å²) in [6.45, 7) is 3.55. The number of nitrogens with two attached hydrogens (primary N) is 1. The minimum atomic E-state index is -0.668. The number of nitrogens with one attached hydrogen (secondary N) is 1. The van der Waals surface area contributed by atoms with Gasteiger partial charge in [-0.15, -0.1) is 0 Å². The highest BCUT2D eigenvalue weighted by molar-refractivity contribution is 6.31. The van der Waals surface area contributed by atoms with Crippen LogP contribution in [0.25, 0.3) is 11.3 Å². The highest BCUT2D eigenvalue weighted by Gasteiger charge is 2.43. The maximum Gasteiger partial charge on any atom is 0.318 e. The number of urea groups is 1. The molecule has 188 valence electrons. The fourth-order valence-electron chi connectivity index (χ4n) is 4.89. The number of benzene rings is 2. The van der Waals surface area contributed by atoms with Crippen molar-refractivity contribution >= 4 is 23.5 Å². The van der Waals surface area contributed by atoms with Crippen LogP contribution in [0.15, 0.2) is 48.5 Å². The molecule has 10 heteroatoms. The maximum absolute atomic E-state index is 13.6. The first-order valence-corrected chi connectivity index (χ1v) is 12.2. The van der Waals surface area contributed by atoms with E-state index in [2.05, 4.69) is 10.4 Å². The SMILES string of the molecule is CC1(NC(=O)N2CCn3nc(-c4ccc(F)c(Cl)c4)c(C(N)=O)c3C2)CC(OCc2ccccc2)C1. The second-order valence-electron chi connectivity index (χ2n) is 9.63. The number of hydrogen-bond donors (Lipinski definition) is 2. The van der Waals surface area contributed by atoms with Crippen molar-refractivity contribution in [2.45, 2.75) is 51.1 Å². The largest absolute Gasteiger partial charge is 0.373 e. The summed E-state index contributed by atoms with van der Waals surface area (Å²) in [5.74, 6) is -1.23. The van der Waals surface area contributed by atoms with Crippen molar-refractivity contribution in [1.82, 2.24) is 20.0 Å². The van der Waals surface area contributed by atoms with Crippen molar-refractivity contribution in [3.8, 4) is 11.3 Å². The minimum Gasteiger partial charge on any atom is -0.373 e. The fraction of sp³-hybridized carbons (Fsp3) is 0.346. The van der Waals surface area contributed by atoms with Gasteiger partial charge < -0.3 is 20.7 Å². The molecule has 0 radical (unpaired) electrons. The molecule has 3 aromatic rings. The third-order valence-corrected chi connectivity index (χ3v) is 7.09. The lowest BCUT2D eigenvalue weighted by Crippen LogP contribution is -2.61. The first kappa shape index (κ1) is 24.3. The molecule has 1 aliphatic carbocycles. The van der Waals surface area contributed by atoms with Crippen molar-refractivity contribution in [2.24, 2.45) is 5.73 Å². The van der Waals surface area contributed by atoms with Crippen LogP contribution in [0.2, 0.25) is 5.02 Å². The van der Waals surface area contributed by atoms with Crippen LogP contribution in [0.3, 0.4) is 0 Å². The molecule has 3 amide bonds. The zero-order valence-electron chi connectivity index (χ0n) is 19.8. The monoisotopic (exact) mass is 511 g/mol. The smallest absolute Gasteiger partial charge is 0.318 e. The van der Waals surface area contributed by atoms with E-state index in [1.165, 1.54) is 18.2 Å². The van der Waals surface area contributed by atoms with Crippen LogP contribution in [0.5, 0.6) is 0 Å². The molecule has 1 saturated carbocycles. The van der Waals surface area contributed by atoms with Gasteiger partial charge >= 0.3 is 6.03 Å². The summed E-state index contributed by atoms with van der Waals surface area (Å²) in [7, 11) is 0. The Hall–Kier alpha value is -3.43. The number of halogens is 2. The van der Waals surface area contributed by atoms with Gasteiger partial charge in [0.05, 0.1) is 42.1 Å². The Kier molecular flexibility index (Phi) is 6.44. The molecule has 36 heavy (non-hydrogen) atoms. The van der Waals surface area contributed by atoms with Crippen molar-refractivity contribution in [3.05, 3.63) is 76.2 Å². The van der Waals surface area contributed by atoms with E-state index in [-0.39, 0.29) is 34.8 Å². The third-order valence-electron chi connectivity index (χ3n) is 6.80. The van der Waals surface area contributed by atoms with E-state index in [4.69, 9.17) is 22.1 Å². The number of carbonyl (C=O) groups excluding carboxylic acids is 2. The molecule has 0 atom stereocenters. The van der Waals surface area contributed by atoms with E-state index >= 15 is 0 Å². The van der Waals surface area contributed by atoms with Gasteiger partial charge in [-0.05, 0) is 43.5 Å². The van der Waals surface area contributed by atoms with Crippen LogP contribution < -0.4 is 11.1 Å². The Morgan fingerprint density at radius 1 is 1.22 bits per heavy atom. The summed E-state index contributed by atoms with van der Waals surface area (Å²) in [4.78, 5) is 27.1. The summed E-state index contributed by atoms with van der Waals surface area (Å²) < 4.78 is 21.3. The summed E-state index contributed by atoms with van der Waals surface area (Å²) in [5, 5.41) is 7.57. The van der Waals surface area contributed by atoms with Gasteiger partial charge in [-0.3, -0.25) is 9.48 Å². The van der Waals surface area contributed by atoms with Gasteiger partial charge in [0, 0.05) is 17.6 Å². The van der Waals surface area contributed by atoms with Gasteiger partial charge in [0.2, 0.25) is 0 Å². The molecule has 0 bridgehead atoms. The Morgan fingerprint density at radius 3 is 2.67 bits per heavy atom. The molecule has 0 saturated heterocycles. The number of ether oxygens (including phenoxy) is 1. The van der Waals surface area contributed by atoms with E-state index < -0.39 is 11.7 Å². The molecule has 8 nitrogen and oxygen atoms in total. The number of rotatable bonds is 6.